The zero-order valence-electron chi connectivity index (χ0n) is 18.3. The number of rotatable bonds is 6. The molecule has 1 fully saturated rings. The van der Waals surface area contributed by atoms with E-state index in [1.165, 1.54) is 49.6 Å². The van der Waals surface area contributed by atoms with Gasteiger partial charge >= 0.3 is 5.97 Å². The van der Waals surface area contributed by atoms with Gasteiger partial charge in [-0.3, -0.25) is 9.59 Å². The number of methoxy groups -OCH3 is 2. The first-order chi connectivity index (χ1) is 16.3. The standard InChI is InChI=1S/C25H20FNO7/c1-32-19-10-9-16(12-18(19)26)22(28)20-21(14-5-7-15(8-6-14)25(31)33-2)27(24(30)23(20)29)13-17-4-3-11-34-17/h3-12,21,28H,13H2,1-2H3/b22-20+. The third kappa shape index (κ3) is 4.03. The molecule has 0 aliphatic carbocycles. The fourth-order valence-electron chi connectivity index (χ4n) is 3.85. The Balaban J connectivity index is 1.85. The van der Waals surface area contributed by atoms with E-state index in [-0.39, 0.29) is 29.0 Å². The summed E-state index contributed by atoms with van der Waals surface area (Å²) in [6, 6.07) is 12.1. The van der Waals surface area contributed by atoms with E-state index in [1.807, 2.05) is 0 Å². The largest absolute Gasteiger partial charge is 0.507 e. The van der Waals surface area contributed by atoms with Gasteiger partial charge in [-0.2, -0.15) is 0 Å². The highest BCUT2D eigenvalue weighted by Gasteiger charge is 2.46. The number of nitrogens with zero attached hydrogens (tertiary/aromatic N) is 1. The molecular formula is C25H20FNO7. The first kappa shape index (κ1) is 22.8. The maximum atomic E-state index is 14.3. The molecule has 2 aromatic carbocycles. The highest BCUT2D eigenvalue weighted by Crippen LogP contribution is 2.40. The van der Waals surface area contributed by atoms with Crippen molar-refractivity contribution in [3.63, 3.8) is 0 Å². The number of likely N-dealkylation sites (tertiary alicyclic amines) is 1. The summed E-state index contributed by atoms with van der Waals surface area (Å²) in [6.07, 6.45) is 1.44. The lowest BCUT2D eigenvalue weighted by Crippen LogP contribution is -2.29. The molecule has 0 saturated carbocycles. The molecule has 4 rings (SSSR count). The predicted molar refractivity (Wildman–Crippen MR) is 117 cm³/mol. The first-order valence-electron chi connectivity index (χ1n) is 10.2. The van der Waals surface area contributed by atoms with Crippen LogP contribution in [0.2, 0.25) is 0 Å². The van der Waals surface area contributed by atoms with Crippen LogP contribution in [0.25, 0.3) is 5.76 Å². The van der Waals surface area contributed by atoms with Crippen molar-refractivity contribution in [1.82, 2.24) is 4.90 Å². The normalized spacial score (nSPS) is 17.1. The molecule has 1 aromatic heterocycles. The predicted octanol–water partition coefficient (Wildman–Crippen LogP) is 3.84. The monoisotopic (exact) mass is 465 g/mol. The number of ketones is 1. The summed E-state index contributed by atoms with van der Waals surface area (Å²) >= 11 is 0. The molecule has 9 heteroatoms. The third-order valence-electron chi connectivity index (χ3n) is 5.52. The highest BCUT2D eigenvalue weighted by molar-refractivity contribution is 6.46. The number of halogens is 1. The summed E-state index contributed by atoms with van der Waals surface area (Å²) in [5, 5.41) is 11.0. The van der Waals surface area contributed by atoms with E-state index >= 15 is 0 Å². The van der Waals surface area contributed by atoms with Crippen LogP contribution in [0.1, 0.15) is 33.3 Å². The number of esters is 1. The van der Waals surface area contributed by atoms with Crippen LogP contribution in [0, 0.1) is 5.82 Å². The Labute approximate surface area is 193 Å². The van der Waals surface area contributed by atoms with Crippen LogP contribution in [0.3, 0.4) is 0 Å². The summed E-state index contributed by atoms with van der Waals surface area (Å²) in [6.45, 7) is -0.0469. The number of furan rings is 1. The van der Waals surface area contributed by atoms with Crippen LogP contribution in [0.15, 0.2) is 70.9 Å². The zero-order chi connectivity index (χ0) is 24.4. The molecule has 174 valence electrons. The lowest BCUT2D eigenvalue weighted by molar-refractivity contribution is -0.140. The molecule has 0 radical (unpaired) electrons. The fourth-order valence-corrected chi connectivity index (χ4v) is 3.85. The van der Waals surface area contributed by atoms with Crippen LogP contribution in [-0.2, 0) is 20.9 Å². The van der Waals surface area contributed by atoms with E-state index in [0.29, 0.717) is 11.3 Å². The third-order valence-corrected chi connectivity index (χ3v) is 5.52. The number of carbonyl (C=O) groups is 3. The van der Waals surface area contributed by atoms with E-state index in [2.05, 4.69) is 0 Å². The van der Waals surface area contributed by atoms with Crippen LogP contribution in [-0.4, -0.2) is 41.9 Å². The van der Waals surface area contributed by atoms with Crippen molar-refractivity contribution >= 4 is 23.4 Å². The van der Waals surface area contributed by atoms with Crippen molar-refractivity contribution < 1.29 is 37.8 Å². The lowest BCUT2D eigenvalue weighted by atomic mass is 9.94. The zero-order valence-corrected chi connectivity index (χ0v) is 18.3. The van der Waals surface area contributed by atoms with Gasteiger partial charge in [0.05, 0.1) is 44.2 Å². The molecule has 1 aliphatic heterocycles. The number of aliphatic hydroxyl groups is 1. The second-order valence-electron chi connectivity index (χ2n) is 7.47. The molecule has 3 aromatic rings. The van der Waals surface area contributed by atoms with E-state index in [4.69, 9.17) is 13.9 Å². The Kier molecular flexibility index (Phi) is 6.18. The van der Waals surface area contributed by atoms with Gasteiger partial charge in [0.25, 0.3) is 11.7 Å². The molecule has 2 heterocycles. The minimum Gasteiger partial charge on any atom is -0.507 e. The number of Topliss-reactive ketones (excluding diaryl/α,β-unsaturated/α-hetero) is 1. The average Bonchev–Trinajstić information content (AvgIpc) is 3.45. The summed E-state index contributed by atoms with van der Waals surface area (Å²) in [4.78, 5) is 39.1. The SMILES string of the molecule is COC(=O)c1ccc(C2/C(=C(\O)c3ccc(OC)c(F)c3)C(=O)C(=O)N2Cc2ccco2)cc1. The Morgan fingerprint density at radius 2 is 1.79 bits per heavy atom. The molecule has 1 saturated heterocycles. The van der Waals surface area contributed by atoms with Crippen LogP contribution in [0.5, 0.6) is 5.75 Å². The number of aliphatic hydroxyl groups excluding tert-OH is 1. The second kappa shape index (κ2) is 9.22. The minimum absolute atomic E-state index is 0.00507. The molecule has 1 atom stereocenters. The Morgan fingerprint density at radius 3 is 2.38 bits per heavy atom. The van der Waals surface area contributed by atoms with Crippen molar-refractivity contribution in [3.8, 4) is 5.75 Å². The van der Waals surface area contributed by atoms with Crippen molar-refractivity contribution in [1.29, 1.82) is 0 Å². The molecule has 1 aliphatic rings. The quantitative estimate of drug-likeness (QED) is 0.255. The van der Waals surface area contributed by atoms with E-state index in [1.54, 1.807) is 24.3 Å². The molecule has 1 unspecified atom stereocenters. The van der Waals surface area contributed by atoms with Gasteiger partial charge in [-0.1, -0.05) is 12.1 Å². The molecule has 1 amide bonds. The van der Waals surface area contributed by atoms with Gasteiger partial charge in [0, 0.05) is 5.56 Å². The summed E-state index contributed by atoms with van der Waals surface area (Å²) in [5.41, 5.74) is 0.512. The van der Waals surface area contributed by atoms with Gasteiger partial charge in [-0.25, -0.2) is 9.18 Å². The summed E-state index contributed by atoms with van der Waals surface area (Å²) in [5.74, 6) is -3.22. The highest BCUT2D eigenvalue weighted by atomic mass is 19.1. The second-order valence-corrected chi connectivity index (χ2v) is 7.47. The van der Waals surface area contributed by atoms with Crippen molar-refractivity contribution in [2.24, 2.45) is 0 Å². The van der Waals surface area contributed by atoms with Gasteiger partial charge in [0.15, 0.2) is 11.6 Å². The lowest BCUT2D eigenvalue weighted by Gasteiger charge is -2.24. The smallest absolute Gasteiger partial charge is 0.337 e. The van der Waals surface area contributed by atoms with Crippen molar-refractivity contribution in [3.05, 3.63) is 94.7 Å². The Bertz CT molecular complexity index is 1280. The minimum atomic E-state index is -1.01. The van der Waals surface area contributed by atoms with Gasteiger partial charge in [-0.05, 0) is 48.0 Å². The van der Waals surface area contributed by atoms with E-state index in [9.17, 15) is 23.9 Å². The molecule has 34 heavy (non-hydrogen) atoms. The fraction of sp³-hybridized carbons (Fsp3) is 0.160. The molecule has 0 bridgehead atoms. The number of ether oxygens (including phenoxy) is 2. The molecular weight excluding hydrogens is 445 g/mol. The van der Waals surface area contributed by atoms with Gasteiger partial charge in [0.2, 0.25) is 0 Å². The number of amides is 1. The Morgan fingerprint density at radius 1 is 1.09 bits per heavy atom. The van der Waals surface area contributed by atoms with Crippen LogP contribution < -0.4 is 4.74 Å². The van der Waals surface area contributed by atoms with E-state index in [0.717, 1.165) is 6.07 Å². The number of hydrogen-bond acceptors (Lipinski definition) is 7. The summed E-state index contributed by atoms with van der Waals surface area (Å²) < 4.78 is 29.2. The van der Waals surface area contributed by atoms with Crippen LogP contribution >= 0.6 is 0 Å². The first-order valence-corrected chi connectivity index (χ1v) is 10.2. The van der Waals surface area contributed by atoms with Gasteiger partial charge in [-0.15, -0.1) is 0 Å². The molecule has 0 spiro atoms. The van der Waals surface area contributed by atoms with Gasteiger partial charge in [0.1, 0.15) is 11.5 Å². The molecule has 8 nitrogen and oxygen atoms in total. The van der Waals surface area contributed by atoms with Crippen LogP contribution in [0.4, 0.5) is 4.39 Å². The maximum Gasteiger partial charge on any atom is 0.337 e. The van der Waals surface area contributed by atoms with Gasteiger partial charge < -0.3 is 23.9 Å². The Hall–Kier alpha value is -4.40. The van der Waals surface area contributed by atoms with Crippen molar-refractivity contribution in [2.75, 3.05) is 14.2 Å². The number of benzene rings is 2. The number of carbonyl (C=O) groups excluding carboxylic acids is 3. The number of hydrogen-bond donors (Lipinski definition) is 1. The summed E-state index contributed by atoms with van der Waals surface area (Å²) in [7, 11) is 2.55. The van der Waals surface area contributed by atoms with Crippen molar-refractivity contribution in [2.45, 2.75) is 12.6 Å². The topological polar surface area (TPSA) is 106 Å². The van der Waals surface area contributed by atoms with E-state index < -0.39 is 35.3 Å². The average molecular weight is 465 g/mol. The maximum absolute atomic E-state index is 14.3. The molecule has 1 N–H and O–H groups in total.